The van der Waals surface area contributed by atoms with Gasteiger partial charge < -0.3 is 4.90 Å². The number of nitrogens with zero attached hydrogens (tertiary/aromatic N) is 1. The lowest BCUT2D eigenvalue weighted by molar-refractivity contribution is 1.30. The van der Waals surface area contributed by atoms with Crippen molar-refractivity contribution in [3.8, 4) is 22.3 Å². The van der Waals surface area contributed by atoms with Gasteiger partial charge >= 0.3 is 0 Å². The molecule has 0 radical (unpaired) electrons. The molecule has 8 aromatic carbocycles. The lowest BCUT2D eigenvalue weighted by atomic mass is 9.97. The van der Waals surface area contributed by atoms with Crippen molar-refractivity contribution in [3.05, 3.63) is 176 Å². The van der Waals surface area contributed by atoms with E-state index in [1.54, 1.807) is 0 Å². The Balaban J connectivity index is 1.23. The molecule has 1 nitrogen and oxygen atoms in total. The van der Waals surface area contributed by atoms with Crippen LogP contribution in [0.1, 0.15) is 0 Å². The molecule has 0 fully saturated rings. The first-order chi connectivity index (χ1) is 22.8. The van der Waals surface area contributed by atoms with Crippen molar-refractivity contribution >= 4 is 70.1 Å². The van der Waals surface area contributed by atoms with Gasteiger partial charge in [0, 0.05) is 36.9 Å². The predicted molar refractivity (Wildman–Crippen MR) is 200 cm³/mol. The van der Waals surface area contributed by atoms with Crippen molar-refractivity contribution in [1.82, 2.24) is 0 Å². The number of fused-ring (bicyclic) bond motifs is 5. The molecule has 0 aliphatic heterocycles. The summed E-state index contributed by atoms with van der Waals surface area (Å²) in [5, 5.41) is 7.59. The van der Waals surface area contributed by atoms with Gasteiger partial charge in [-0.25, -0.2) is 0 Å². The largest absolute Gasteiger partial charge is 0.310 e. The second-order valence-corrected chi connectivity index (χ2v) is 12.9. The highest BCUT2D eigenvalue weighted by Gasteiger charge is 2.17. The van der Waals surface area contributed by atoms with Gasteiger partial charge in [-0.3, -0.25) is 0 Å². The topological polar surface area (TPSA) is 3.24 Å². The minimum Gasteiger partial charge on any atom is -0.310 e. The molecule has 0 spiro atoms. The normalized spacial score (nSPS) is 11.5. The van der Waals surface area contributed by atoms with Crippen LogP contribution in [0.15, 0.2) is 176 Å². The summed E-state index contributed by atoms with van der Waals surface area (Å²) < 4.78 is 2.65. The maximum Gasteiger partial charge on any atom is 0.0540 e. The fraction of sp³-hybridized carbons (Fsp3) is 0. The van der Waals surface area contributed by atoms with Crippen molar-refractivity contribution in [2.24, 2.45) is 0 Å². The molecular formula is C44H29NS. The quantitative estimate of drug-likeness (QED) is 0.189. The number of anilines is 3. The van der Waals surface area contributed by atoms with Gasteiger partial charge in [-0.15, -0.1) is 11.3 Å². The second-order valence-electron chi connectivity index (χ2n) is 11.8. The van der Waals surface area contributed by atoms with Crippen LogP contribution in [0.3, 0.4) is 0 Å². The maximum absolute atomic E-state index is 2.42. The molecule has 0 bridgehead atoms. The molecule has 0 N–H and O–H groups in total. The number of hydrogen-bond donors (Lipinski definition) is 0. The highest BCUT2D eigenvalue weighted by Crippen LogP contribution is 2.43. The molecule has 0 saturated carbocycles. The molecule has 9 aromatic rings. The fourth-order valence-electron chi connectivity index (χ4n) is 6.85. The van der Waals surface area contributed by atoms with Gasteiger partial charge in [0.05, 0.1) is 5.69 Å². The molecule has 0 saturated heterocycles. The lowest BCUT2D eigenvalue weighted by Gasteiger charge is -2.28. The van der Waals surface area contributed by atoms with Gasteiger partial charge in [0.15, 0.2) is 0 Å². The Morgan fingerprint density at radius 2 is 0.913 bits per heavy atom. The minimum absolute atomic E-state index is 1.12. The zero-order valence-electron chi connectivity index (χ0n) is 25.1. The summed E-state index contributed by atoms with van der Waals surface area (Å²) in [7, 11) is 0. The Hall–Kier alpha value is -5.70. The first kappa shape index (κ1) is 26.7. The first-order valence-corrected chi connectivity index (χ1v) is 16.5. The summed E-state index contributed by atoms with van der Waals surface area (Å²) in [4.78, 5) is 2.42. The average Bonchev–Trinajstić information content (AvgIpc) is 3.50. The standard InChI is InChI=1S/C44H29NS/c1-3-19-37-30(11-1)13-9-22-38(37)34-16-8-18-36(28-34)45(42-23-10-14-31-12-2-4-20-39(31)42)35-17-7-15-32(27-35)33-25-26-44-41(29-33)40-21-5-6-24-43(40)46-44/h1-29H. The van der Waals surface area contributed by atoms with E-state index in [1.807, 2.05) is 11.3 Å². The van der Waals surface area contributed by atoms with Crippen molar-refractivity contribution in [2.45, 2.75) is 0 Å². The van der Waals surface area contributed by atoms with Crippen LogP contribution < -0.4 is 4.90 Å². The van der Waals surface area contributed by atoms with Gasteiger partial charge in [0.25, 0.3) is 0 Å². The summed E-state index contributed by atoms with van der Waals surface area (Å²) in [5.74, 6) is 0. The van der Waals surface area contributed by atoms with Gasteiger partial charge in [-0.05, 0) is 86.9 Å². The third kappa shape index (κ3) is 4.54. The van der Waals surface area contributed by atoms with E-state index in [9.17, 15) is 0 Å². The molecule has 0 amide bonds. The van der Waals surface area contributed by atoms with Crippen LogP contribution in [0.2, 0.25) is 0 Å². The lowest BCUT2D eigenvalue weighted by Crippen LogP contribution is -2.10. The van der Waals surface area contributed by atoms with Gasteiger partial charge in [0.1, 0.15) is 0 Å². The average molecular weight is 604 g/mol. The van der Waals surface area contributed by atoms with E-state index in [2.05, 4.69) is 181 Å². The van der Waals surface area contributed by atoms with E-state index in [0.29, 0.717) is 0 Å². The van der Waals surface area contributed by atoms with E-state index in [-0.39, 0.29) is 0 Å². The highest BCUT2D eigenvalue weighted by molar-refractivity contribution is 7.25. The highest BCUT2D eigenvalue weighted by atomic mass is 32.1. The van der Waals surface area contributed by atoms with Crippen LogP contribution in [0.5, 0.6) is 0 Å². The van der Waals surface area contributed by atoms with Gasteiger partial charge in [-0.1, -0.05) is 127 Å². The summed E-state index contributed by atoms with van der Waals surface area (Å²) in [5.41, 5.74) is 8.26. The van der Waals surface area contributed by atoms with Crippen LogP contribution in [0.25, 0.3) is 64.0 Å². The Morgan fingerprint density at radius 3 is 1.74 bits per heavy atom. The summed E-state index contributed by atoms with van der Waals surface area (Å²) in [6.07, 6.45) is 0. The Kier molecular flexibility index (Phi) is 6.40. The molecule has 0 aliphatic rings. The summed E-state index contributed by atoms with van der Waals surface area (Å²) >= 11 is 1.86. The second kappa shape index (κ2) is 11.0. The number of thiophene rings is 1. The first-order valence-electron chi connectivity index (χ1n) is 15.7. The van der Waals surface area contributed by atoms with Crippen molar-refractivity contribution < 1.29 is 0 Å². The van der Waals surface area contributed by atoms with E-state index >= 15 is 0 Å². The Bertz CT molecular complexity index is 2550. The van der Waals surface area contributed by atoms with Crippen LogP contribution in [0.4, 0.5) is 17.1 Å². The van der Waals surface area contributed by atoms with E-state index in [1.165, 1.54) is 64.0 Å². The number of rotatable bonds is 5. The van der Waals surface area contributed by atoms with Crippen molar-refractivity contribution in [1.29, 1.82) is 0 Å². The predicted octanol–water partition coefficient (Wildman–Crippen LogP) is 13.2. The Morgan fingerprint density at radius 1 is 0.348 bits per heavy atom. The molecular weight excluding hydrogens is 575 g/mol. The number of hydrogen-bond acceptors (Lipinski definition) is 2. The SMILES string of the molecule is c1cc(-c2ccc3sc4ccccc4c3c2)cc(N(c2cccc(-c3cccc4ccccc34)c2)c2cccc3ccccc23)c1. The third-order valence-corrected chi connectivity index (χ3v) is 10.2. The van der Waals surface area contributed by atoms with E-state index < -0.39 is 0 Å². The van der Waals surface area contributed by atoms with Crippen LogP contribution in [0, 0.1) is 0 Å². The van der Waals surface area contributed by atoms with Gasteiger partial charge in [-0.2, -0.15) is 0 Å². The third-order valence-electron chi connectivity index (χ3n) is 9.03. The van der Waals surface area contributed by atoms with Crippen LogP contribution in [-0.4, -0.2) is 0 Å². The fourth-order valence-corrected chi connectivity index (χ4v) is 7.94. The van der Waals surface area contributed by atoms with Crippen molar-refractivity contribution in [2.75, 3.05) is 4.90 Å². The van der Waals surface area contributed by atoms with E-state index in [0.717, 1.165) is 17.1 Å². The molecule has 46 heavy (non-hydrogen) atoms. The van der Waals surface area contributed by atoms with Crippen molar-refractivity contribution in [3.63, 3.8) is 0 Å². The summed E-state index contributed by atoms with van der Waals surface area (Å²) in [6.45, 7) is 0. The maximum atomic E-state index is 2.42. The summed E-state index contributed by atoms with van der Waals surface area (Å²) in [6, 6.07) is 64.0. The van der Waals surface area contributed by atoms with Gasteiger partial charge in [0.2, 0.25) is 0 Å². The zero-order valence-corrected chi connectivity index (χ0v) is 25.9. The molecule has 1 aromatic heterocycles. The molecule has 1 heterocycles. The molecule has 216 valence electrons. The molecule has 2 heteroatoms. The molecule has 0 unspecified atom stereocenters. The zero-order chi connectivity index (χ0) is 30.5. The molecule has 9 rings (SSSR count). The molecule has 0 aliphatic carbocycles. The van der Waals surface area contributed by atoms with Crippen LogP contribution >= 0.6 is 11.3 Å². The van der Waals surface area contributed by atoms with Crippen LogP contribution in [-0.2, 0) is 0 Å². The Labute approximate surface area is 272 Å². The van der Waals surface area contributed by atoms with E-state index in [4.69, 9.17) is 0 Å². The minimum atomic E-state index is 1.12. The smallest absolute Gasteiger partial charge is 0.0540 e. The number of benzene rings is 8. The molecule has 0 atom stereocenters. The monoisotopic (exact) mass is 603 g/mol.